The molecule has 1 aromatic carbocycles. The molecule has 1 amide bonds. The molecule has 1 heterocycles. The Balaban J connectivity index is 1.69. The van der Waals surface area contributed by atoms with E-state index in [4.69, 9.17) is 17.0 Å². The first-order valence-corrected chi connectivity index (χ1v) is 9.04. The Labute approximate surface area is 155 Å². The minimum absolute atomic E-state index is 0.0867. The maximum Gasteiger partial charge on any atom is 0.239 e. The molecular weight excluding hydrogens is 336 g/mol. The number of thiocarbonyl (C=S) groups is 1. The molecule has 1 aliphatic rings. The third-order valence-corrected chi connectivity index (χ3v) is 4.15. The summed E-state index contributed by atoms with van der Waals surface area (Å²) in [7, 11) is 0. The van der Waals surface area contributed by atoms with Crippen LogP contribution < -0.4 is 16.2 Å². The number of ether oxygens (including phenoxy) is 1. The molecule has 0 saturated carbocycles. The van der Waals surface area contributed by atoms with Gasteiger partial charge in [-0.15, -0.1) is 0 Å². The van der Waals surface area contributed by atoms with Gasteiger partial charge in [0.05, 0.1) is 12.2 Å². The zero-order chi connectivity index (χ0) is 18.4. The highest BCUT2D eigenvalue weighted by atomic mass is 32.1. The first-order chi connectivity index (χ1) is 11.8. The smallest absolute Gasteiger partial charge is 0.239 e. The van der Waals surface area contributed by atoms with E-state index in [1.165, 1.54) is 0 Å². The van der Waals surface area contributed by atoms with Crippen LogP contribution in [-0.4, -0.2) is 47.8 Å². The molecule has 0 aromatic heterocycles. The van der Waals surface area contributed by atoms with Gasteiger partial charge in [0.15, 0.2) is 5.11 Å². The van der Waals surface area contributed by atoms with E-state index in [1.54, 1.807) is 0 Å². The lowest BCUT2D eigenvalue weighted by Crippen LogP contribution is -2.48. The van der Waals surface area contributed by atoms with Crippen LogP contribution in [0, 0.1) is 13.8 Å². The van der Waals surface area contributed by atoms with Crippen molar-refractivity contribution in [3.05, 3.63) is 29.3 Å². The van der Waals surface area contributed by atoms with E-state index in [2.05, 4.69) is 41.0 Å². The maximum atomic E-state index is 12.0. The normalized spacial score (nSPS) is 20.8. The minimum atomic E-state index is -0.0867. The molecule has 2 atom stereocenters. The van der Waals surface area contributed by atoms with Crippen LogP contribution in [-0.2, 0) is 9.53 Å². The zero-order valence-electron chi connectivity index (χ0n) is 15.4. The number of aryl methyl sites for hydroxylation is 2. The lowest BCUT2D eigenvalue weighted by molar-refractivity contribution is -0.123. The molecule has 0 radical (unpaired) electrons. The molecule has 0 bridgehead atoms. The number of hydrazine groups is 1. The number of morpholine rings is 1. The van der Waals surface area contributed by atoms with Crippen LogP contribution in [0.3, 0.4) is 0 Å². The molecule has 1 saturated heterocycles. The summed E-state index contributed by atoms with van der Waals surface area (Å²) >= 11 is 5.22. The van der Waals surface area contributed by atoms with Crippen LogP contribution in [0.15, 0.2) is 18.2 Å². The summed E-state index contributed by atoms with van der Waals surface area (Å²) in [5.74, 6) is -0.0867. The van der Waals surface area contributed by atoms with Crippen molar-refractivity contribution in [2.75, 3.05) is 25.0 Å². The molecular formula is C18H28N4O2S. The summed E-state index contributed by atoms with van der Waals surface area (Å²) in [6.45, 7) is 10.6. The van der Waals surface area contributed by atoms with Crippen LogP contribution in [0.25, 0.3) is 0 Å². The summed E-state index contributed by atoms with van der Waals surface area (Å²) in [5, 5.41) is 3.44. The Bertz CT molecular complexity index is 593. The van der Waals surface area contributed by atoms with E-state index >= 15 is 0 Å². The van der Waals surface area contributed by atoms with Gasteiger partial charge in [0, 0.05) is 31.7 Å². The van der Waals surface area contributed by atoms with E-state index in [9.17, 15) is 4.79 Å². The SMILES string of the molecule is Cc1cc(C)cc(NC(=S)NNC(=O)CCN2C[C@H](C)O[C@@H](C)C2)c1. The number of carbonyl (C=O) groups excluding carboxylic acids is 1. The Kier molecular flexibility index (Phi) is 7.16. The van der Waals surface area contributed by atoms with E-state index < -0.39 is 0 Å². The van der Waals surface area contributed by atoms with Gasteiger partial charge >= 0.3 is 0 Å². The Hall–Kier alpha value is -1.70. The van der Waals surface area contributed by atoms with Crippen LogP contribution in [0.4, 0.5) is 5.69 Å². The van der Waals surface area contributed by atoms with E-state index in [1.807, 2.05) is 26.0 Å². The monoisotopic (exact) mass is 364 g/mol. The summed E-state index contributed by atoms with van der Waals surface area (Å²) in [5.41, 5.74) is 8.61. The topological polar surface area (TPSA) is 65.6 Å². The lowest BCUT2D eigenvalue weighted by atomic mass is 10.1. The second-order valence-corrected chi connectivity index (χ2v) is 7.18. The van der Waals surface area contributed by atoms with Gasteiger partial charge < -0.3 is 10.1 Å². The van der Waals surface area contributed by atoms with Crippen molar-refractivity contribution in [2.45, 2.75) is 46.3 Å². The van der Waals surface area contributed by atoms with Gasteiger partial charge in [-0.05, 0) is 63.2 Å². The van der Waals surface area contributed by atoms with Crippen molar-refractivity contribution in [3.8, 4) is 0 Å². The number of carbonyl (C=O) groups is 1. The molecule has 7 heteroatoms. The molecule has 6 nitrogen and oxygen atoms in total. The first-order valence-electron chi connectivity index (χ1n) is 8.64. The predicted molar refractivity (Wildman–Crippen MR) is 104 cm³/mol. The van der Waals surface area contributed by atoms with Crippen molar-refractivity contribution >= 4 is 28.9 Å². The highest BCUT2D eigenvalue weighted by Crippen LogP contribution is 2.13. The first kappa shape index (κ1) is 19.6. The maximum absolute atomic E-state index is 12.0. The van der Waals surface area contributed by atoms with E-state index in [0.29, 0.717) is 18.1 Å². The number of benzene rings is 1. The molecule has 0 unspecified atom stereocenters. The molecule has 1 aromatic rings. The molecule has 25 heavy (non-hydrogen) atoms. The molecule has 1 fully saturated rings. The van der Waals surface area contributed by atoms with Gasteiger partial charge in [-0.25, -0.2) is 0 Å². The summed E-state index contributed by atoms with van der Waals surface area (Å²) in [6.07, 6.45) is 0.831. The quantitative estimate of drug-likeness (QED) is 0.562. The number of hydrogen-bond acceptors (Lipinski definition) is 4. The number of nitrogens with zero attached hydrogens (tertiary/aromatic N) is 1. The fraction of sp³-hybridized carbons (Fsp3) is 0.556. The van der Waals surface area contributed by atoms with Gasteiger partial charge in [-0.3, -0.25) is 20.5 Å². The fourth-order valence-corrected chi connectivity index (χ4v) is 3.29. The van der Waals surface area contributed by atoms with Gasteiger partial charge in [0.25, 0.3) is 0 Å². The highest BCUT2D eigenvalue weighted by molar-refractivity contribution is 7.80. The summed E-state index contributed by atoms with van der Waals surface area (Å²) < 4.78 is 5.70. The molecule has 1 aliphatic heterocycles. The van der Waals surface area contributed by atoms with Crippen molar-refractivity contribution in [2.24, 2.45) is 0 Å². The lowest BCUT2D eigenvalue weighted by Gasteiger charge is -2.35. The highest BCUT2D eigenvalue weighted by Gasteiger charge is 2.22. The van der Waals surface area contributed by atoms with Gasteiger partial charge in [-0.2, -0.15) is 0 Å². The van der Waals surface area contributed by atoms with Crippen molar-refractivity contribution in [1.29, 1.82) is 0 Å². The average molecular weight is 365 g/mol. The van der Waals surface area contributed by atoms with Crippen molar-refractivity contribution in [3.63, 3.8) is 0 Å². The zero-order valence-corrected chi connectivity index (χ0v) is 16.2. The molecule has 2 rings (SSSR count). The molecule has 0 spiro atoms. The second kappa shape index (κ2) is 9.12. The largest absolute Gasteiger partial charge is 0.373 e. The number of anilines is 1. The van der Waals surface area contributed by atoms with Gasteiger partial charge in [0.2, 0.25) is 5.91 Å². The average Bonchev–Trinajstić information content (AvgIpc) is 2.49. The number of rotatable bonds is 4. The van der Waals surface area contributed by atoms with Crippen molar-refractivity contribution in [1.82, 2.24) is 15.8 Å². The third-order valence-electron chi connectivity index (χ3n) is 3.95. The summed E-state index contributed by atoms with van der Waals surface area (Å²) in [6, 6.07) is 6.10. The predicted octanol–water partition coefficient (Wildman–Crippen LogP) is 2.12. The Morgan fingerprint density at radius 1 is 1.16 bits per heavy atom. The Morgan fingerprint density at radius 3 is 2.36 bits per heavy atom. The van der Waals surface area contributed by atoms with Crippen molar-refractivity contribution < 1.29 is 9.53 Å². The number of hydrogen-bond donors (Lipinski definition) is 3. The van der Waals surface area contributed by atoms with E-state index in [0.717, 1.165) is 29.9 Å². The molecule has 3 N–H and O–H groups in total. The van der Waals surface area contributed by atoms with Crippen LogP contribution in [0.1, 0.15) is 31.4 Å². The standard InChI is InChI=1S/C18H28N4O2S/c1-12-7-13(2)9-16(8-12)19-18(25)21-20-17(23)5-6-22-10-14(3)24-15(4)11-22/h7-9,14-15H,5-6,10-11H2,1-4H3,(H,20,23)(H2,19,21,25)/t14-,15-/m0/s1. The van der Waals surface area contributed by atoms with Gasteiger partial charge in [0.1, 0.15) is 0 Å². The fourth-order valence-electron chi connectivity index (χ4n) is 3.12. The molecule has 138 valence electrons. The van der Waals surface area contributed by atoms with Gasteiger partial charge in [-0.1, -0.05) is 6.07 Å². The number of nitrogens with one attached hydrogen (secondary N) is 3. The molecule has 0 aliphatic carbocycles. The van der Waals surface area contributed by atoms with Crippen LogP contribution in [0.2, 0.25) is 0 Å². The van der Waals surface area contributed by atoms with E-state index in [-0.39, 0.29) is 18.1 Å². The van der Waals surface area contributed by atoms with Crippen LogP contribution >= 0.6 is 12.2 Å². The number of amides is 1. The minimum Gasteiger partial charge on any atom is -0.373 e. The second-order valence-electron chi connectivity index (χ2n) is 6.77. The Morgan fingerprint density at radius 2 is 1.76 bits per heavy atom. The summed E-state index contributed by atoms with van der Waals surface area (Å²) in [4.78, 5) is 14.2. The van der Waals surface area contributed by atoms with Crippen LogP contribution in [0.5, 0.6) is 0 Å². The third kappa shape index (κ3) is 6.97.